The Morgan fingerprint density at radius 2 is 2.12 bits per heavy atom. The third kappa shape index (κ3) is 1.92. The first-order valence-electron chi connectivity index (χ1n) is 6.04. The number of benzene rings is 1. The van der Waals surface area contributed by atoms with E-state index in [2.05, 4.69) is 24.1 Å². The maximum atomic E-state index is 13.9. The van der Waals surface area contributed by atoms with Crippen LogP contribution >= 0.6 is 0 Å². The van der Waals surface area contributed by atoms with Gasteiger partial charge in [-0.15, -0.1) is 0 Å². The van der Waals surface area contributed by atoms with Crippen LogP contribution in [0.1, 0.15) is 31.9 Å². The minimum Gasteiger partial charge on any atom is -0.385 e. The molecule has 0 aliphatic carbocycles. The fourth-order valence-corrected chi connectivity index (χ4v) is 2.55. The Morgan fingerprint density at radius 1 is 1.38 bits per heavy atom. The van der Waals surface area contributed by atoms with Gasteiger partial charge in [-0.1, -0.05) is 19.9 Å². The first-order chi connectivity index (χ1) is 7.77. The third-order valence-electron chi connectivity index (χ3n) is 3.37. The predicted octanol–water partition coefficient (Wildman–Crippen LogP) is 3.02. The van der Waals surface area contributed by atoms with E-state index in [-0.39, 0.29) is 11.9 Å². The topological polar surface area (TPSA) is 15.3 Å². The lowest BCUT2D eigenvalue weighted by molar-refractivity contribution is 0.204. The fourth-order valence-electron chi connectivity index (χ4n) is 2.55. The molecule has 1 N–H and O–H groups in total. The van der Waals surface area contributed by atoms with E-state index in [0.717, 1.165) is 37.3 Å². The Hall–Kier alpha value is -1.09. The zero-order valence-electron chi connectivity index (χ0n) is 9.96. The molecule has 1 aromatic carbocycles. The summed E-state index contributed by atoms with van der Waals surface area (Å²) in [6.45, 7) is 7.12. The van der Waals surface area contributed by atoms with Crippen molar-refractivity contribution in [3.63, 3.8) is 0 Å². The summed E-state index contributed by atoms with van der Waals surface area (Å²) in [5.41, 5.74) is 1.81. The first-order valence-corrected chi connectivity index (χ1v) is 6.04. The highest BCUT2D eigenvalue weighted by atomic mass is 19.1. The van der Waals surface area contributed by atoms with Gasteiger partial charge in [-0.05, 0) is 31.6 Å². The van der Waals surface area contributed by atoms with E-state index in [1.165, 1.54) is 0 Å². The van der Waals surface area contributed by atoms with E-state index in [4.69, 9.17) is 0 Å². The Balaban J connectivity index is 2.38. The van der Waals surface area contributed by atoms with Crippen LogP contribution in [0.5, 0.6) is 0 Å². The zero-order chi connectivity index (χ0) is 11.5. The summed E-state index contributed by atoms with van der Waals surface area (Å²) in [7, 11) is 0. The fraction of sp³-hybridized carbons (Fsp3) is 0.538. The molecule has 0 spiro atoms. The van der Waals surface area contributed by atoms with Crippen LogP contribution in [0.3, 0.4) is 0 Å². The molecule has 0 fully saturated rings. The molecule has 0 aromatic heterocycles. The molecule has 0 saturated carbocycles. The van der Waals surface area contributed by atoms with E-state index >= 15 is 0 Å². The highest BCUT2D eigenvalue weighted by Gasteiger charge is 2.26. The number of nitrogens with zero attached hydrogens (tertiary/aromatic N) is 1. The molecule has 2 nitrogen and oxygen atoms in total. The highest BCUT2D eigenvalue weighted by molar-refractivity contribution is 5.55. The summed E-state index contributed by atoms with van der Waals surface area (Å²) in [4.78, 5) is 2.32. The second-order valence-corrected chi connectivity index (χ2v) is 4.15. The molecule has 0 saturated heterocycles. The van der Waals surface area contributed by atoms with Crippen LogP contribution in [0.4, 0.5) is 10.1 Å². The standard InChI is InChI=1S/C13H19FN2/c1-3-16(4-2)12-8-9-15-11-7-5-6-10(14)13(11)12/h5-7,12,15H,3-4,8-9H2,1-2H3. The number of nitrogens with one attached hydrogen (secondary N) is 1. The zero-order valence-corrected chi connectivity index (χ0v) is 9.96. The number of hydrogen-bond acceptors (Lipinski definition) is 2. The lowest BCUT2D eigenvalue weighted by Gasteiger charge is -2.35. The molecular weight excluding hydrogens is 203 g/mol. The normalized spacial score (nSPS) is 19.4. The van der Waals surface area contributed by atoms with Crippen molar-refractivity contribution in [2.45, 2.75) is 26.3 Å². The second kappa shape index (κ2) is 4.83. The van der Waals surface area contributed by atoms with E-state index in [0.29, 0.717) is 0 Å². The van der Waals surface area contributed by atoms with Crippen LogP contribution in [0.15, 0.2) is 18.2 Å². The number of anilines is 1. The first kappa shape index (κ1) is 11.4. The lowest BCUT2D eigenvalue weighted by atomic mass is 9.96. The van der Waals surface area contributed by atoms with Gasteiger partial charge >= 0.3 is 0 Å². The average Bonchev–Trinajstić information content (AvgIpc) is 2.31. The van der Waals surface area contributed by atoms with E-state index in [9.17, 15) is 4.39 Å². The van der Waals surface area contributed by atoms with Crippen molar-refractivity contribution >= 4 is 5.69 Å². The molecule has 1 atom stereocenters. The molecule has 0 bridgehead atoms. The van der Waals surface area contributed by atoms with Crippen LogP contribution in [0, 0.1) is 5.82 Å². The molecule has 88 valence electrons. The quantitative estimate of drug-likeness (QED) is 0.845. The SMILES string of the molecule is CCN(CC)C1CCNc2cccc(F)c21. The average molecular weight is 222 g/mol. The molecule has 1 aliphatic rings. The minimum atomic E-state index is -0.0819. The van der Waals surface area contributed by atoms with Crippen LogP contribution in [0.2, 0.25) is 0 Å². The van der Waals surface area contributed by atoms with Gasteiger partial charge in [-0.3, -0.25) is 4.90 Å². The molecule has 1 aliphatic heterocycles. The largest absolute Gasteiger partial charge is 0.385 e. The molecule has 16 heavy (non-hydrogen) atoms. The predicted molar refractivity (Wildman–Crippen MR) is 65.2 cm³/mol. The second-order valence-electron chi connectivity index (χ2n) is 4.15. The van der Waals surface area contributed by atoms with Crippen molar-refractivity contribution in [3.8, 4) is 0 Å². The van der Waals surface area contributed by atoms with Gasteiger partial charge in [0.25, 0.3) is 0 Å². The monoisotopic (exact) mass is 222 g/mol. The van der Waals surface area contributed by atoms with E-state index in [1.54, 1.807) is 12.1 Å². The van der Waals surface area contributed by atoms with E-state index < -0.39 is 0 Å². The van der Waals surface area contributed by atoms with Crippen molar-refractivity contribution in [2.75, 3.05) is 25.0 Å². The van der Waals surface area contributed by atoms with Crippen LogP contribution < -0.4 is 5.32 Å². The summed E-state index contributed by atoms with van der Waals surface area (Å²) in [6, 6.07) is 5.52. The van der Waals surface area contributed by atoms with Crippen molar-refractivity contribution in [2.24, 2.45) is 0 Å². The third-order valence-corrected chi connectivity index (χ3v) is 3.37. The number of rotatable bonds is 3. The van der Waals surface area contributed by atoms with E-state index in [1.807, 2.05) is 6.07 Å². The van der Waals surface area contributed by atoms with Gasteiger partial charge in [0.15, 0.2) is 0 Å². The summed E-state index contributed by atoms with van der Waals surface area (Å²) in [5.74, 6) is -0.0819. The molecule has 1 aromatic rings. The number of halogens is 1. The Bertz CT molecular complexity index is 361. The minimum absolute atomic E-state index is 0.0819. The van der Waals surface area contributed by atoms with Gasteiger partial charge in [0.2, 0.25) is 0 Å². The molecule has 2 rings (SSSR count). The molecular formula is C13H19FN2. The molecule has 1 heterocycles. The summed E-state index contributed by atoms with van der Waals surface area (Å²) < 4.78 is 13.9. The number of hydrogen-bond donors (Lipinski definition) is 1. The van der Waals surface area contributed by atoms with Crippen molar-refractivity contribution < 1.29 is 4.39 Å². The van der Waals surface area contributed by atoms with Gasteiger partial charge in [-0.25, -0.2) is 4.39 Å². The summed E-state index contributed by atoms with van der Waals surface area (Å²) in [6.07, 6.45) is 0.982. The lowest BCUT2D eigenvalue weighted by Crippen LogP contribution is -2.33. The Kier molecular flexibility index (Phi) is 3.44. The summed E-state index contributed by atoms with van der Waals surface area (Å²) >= 11 is 0. The maximum Gasteiger partial charge on any atom is 0.130 e. The smallest absolute Gasteiger partial charge is 0.130 e. The van der Waals surface area contributed by atoms with Crippen LogP contribution in [-0.2, 0) is 0 Å². The Labute approximate surface area is 96.5 Å². The molecule has 0 amide bonds. The van der Waals surface area contributed by atoms with Gasteiger partial charge < -0.3 is 5.32 Å². The van der Waals surface area contributed by atoms with Gasteiger partial charge in [0.05, 0.1) is 0 Å². The van der Waals surface area contributed by atoms with Gasteiger partial charge in [0, 0.05) is 23.8 Å². The van der Waals surface area contributed by atoms with Gasteiger partial charge in [0.1, 0.15) is 5.82 Å². The molecule has 0 radical (unpaired) electrons. The Morgan fingerprint density at radius 3 is 2.81 bits per heavy atom. The van der Waals surface area contributed by atoms with Crippen LogP contribution in [0.25, 0.3) is 0 Å². The van der Waals surface area contributed by atoms with Crippen molar-refractivity contribution in [1.29, 1.82) is 0 Å². The van der Waals surface area contributed by atoms with Gasteiger partial charge in [-0.2, -0.15) is 0 Å². The van der Waals surface area contributed by atoms with Crippen LogP contribution in [-0.4, -0.2) is 24.5 Å². The van der Waals surface area contributed by atoms with Crippen molar-refractivity contribution in [1.82, 2.24) is 4.90 Å². The highest BCUT2D eigenvalue weighted by Crippen LogP contribution is 2.35. The number of fused-ring (bicyclic) bond motifs is 1. The molecule has 1 unspecified atom stereocenters. The summed E-state index contributed by atoms with van der Waals surface area (Å²) in [5, 5.41) is 3.27. The van der Waals surface area contributed by atoms with Crippen molar-refractivity contribution in [3.05, 3.63) is 29.6 Å². The maximum absolute atomic E-state index is 13.9. The molecule has 3 heteroatoms.